The molecule has 41 heavy (non-hydrogen) atoms. The Labute approximate surface area is 240 Å². The number of amidine groups is 2. The zero-order chi connectivity index (χ0) is 29.0. The van der Waals surface area contributed by atoms with Crippen LogP contribution in [0.3, 0.4) is 0 Å². The van der Waals surface area contributed by atoms with Crippen molar-refractivity contribution in [3.05, 3.63) is 132 Å². The first-order chi connectivity index (χ1) is 19.7. The molecule has 2 N–H and O–H groups in total. The van der Waals surface area contributed by atoms with Crippen molar-refractivity contribution >= 4 is 11.7 Å². The van der Waals surface area contributed by atoms with Crippen molar-refractivity contribution in [1.29, 1.82) is 0 Å². The Bertz CT molecular complexity index is 1660. The molecule has 0 amide bonds. The monoisotopic (exact) mass is 541 g/mol. The van der Waals surface area contributed by atoms with Crippen LogP contribution in [0.25, 0.3) is 33.9 Å². The largest absolute Gasteiger partial charge is 0.383 e. The fourth-order valence-electron chi connectivity index (χ4n) is 4.48. The molecule has 0 bridgehead atoms. The molecule has 1 aromatic heterocycles. The van der Waals surface area contributed by atoms with Crippen LogP contribution in [-0.2, 0) is 5.41 Å². The van der Waals surface area contributed by atoms with Crippen LogP contribution in [0.4, 0.5) is 4.39 Å². The zero-order valence-corrected chi connectivity index (χ0v) is 23.6. The molecule has 5 rings (SSSR count). The first-order valence-corrected chi connectivity index (χ1v) is 13.4. The molecule has 0 spiro atoms. The molecule has 0 fully saturated rings. The van der Waals surface area contributed by atoms with Crippen molar-refractivity contribution in [3.8, 4) is 33.9 Å². The molecule has 0 saturated heterocycles. The highest BCUT2D eigenvalue weighted by Gasteiger charge is 2.17. The van der Waals surface area contributed by atoms with E-state index in [-0.39, 0.29) is 22.6 Å². The minimum absolute atomic E-state index is 0.0182. The van der Waals surface area contributed by atoms with Crippen LogP contribution in [0.5, 0.6) is 0 Å². The number of nitrogens with two attached hydrogens (primary N) is 1. The van der Waals surface area contributed by atoms with Gasteiger partial charge < -0.3 is 5.73 Å². The van der Waals surface area contributed by atoms with Gasteiger partial charge in [-0.05, 0) is 35.2 Å². The highest BCUT2D eigenvalue weighted by Crippen LogP contribution is 2.29. The van der Waals surface area contributed by atoms with Crippen LogP contribution in [-0.4, -0.2) is 28.7 Å². The molecule has 204 valence electrons. The molecule has 0 unspecified atom stereocenters. The van der Waals surface area contributed by atoms with Gasteiger partial charge in [-0.15, -0.1) is 0 Å². The second kappa shape index (κ2) is 11.6. The third kappa shape index (κ3) is 6.28. The van der Waals surface area contributed by atoms with Gasteiger partial charge in [0.2, 0.25) is 0 Å². The minimum Gasteiger partial charge on any atom is -0.383 e. The number of nitrogens with zero attached hydrogens (tertiary/aromatic N) is 4. The Balaban J connectivity index is 1.56. The maximum atomic E-state index is 15.2. The number of aliphatic imine (C=N–C) groups is 2. The zero-order valence-electron chi connectivity index (χ0n) is 23.6. The second-order valence-corrected chi connectivity index (χ2v) is 10.8. The molecule has 4 aromatic carbocycles. The van der Waals surface area contributed by atoms with Gasteiger partial charge in [0.1, 0.15) is 11.7 Å². The molecule has 5 nitrogen and oxygen atoms in total. The van der Waals surface area contributed by atoms with Crippen LogP contribution >= 0.6 is 0 Å². The standard InChI is InChI=1S/C35H32FN5/c1-35(2,3)27-18-15-25(16-19-27)32(37)41-34(38-4)28-21-26(17-20-29(28)36)33-39-30(23-11-7-5-8-12-23)22-31(40-33)24-13-9-6-10-14-24/h5-22H,1-4H3,(H2,37,38,41). The molecule has 0 radical (unpaired) electrons. The van der Waals surface area contributed by atoms with Gasteiger partial charge in [0, 0.05) is 29.3 Å². The van der Waals surface area contributed by atoms with Crippen LogP contribution in [0.1, 0.15) is 37.5 Å². The summed E-state index contributed by atoms with van der Waals surface area (Å²) in [6.07, 6.45) is 0. The van der Waals surface area contributed by atoms with Crippen molar-refractivity contribution < 1.29 is 4.39 Å². The molecule has 6 heteroatoms. The van der Waals surface area contributed by atoms with Crippen molar-refractivity contribution in [2.24, 2.45) is 15.7 Å². The van der Waals surface area contributed by atoms with Gasteiger partial charge >= 0.3 is 0 Å². The number of aromatic nitrogens is 2. The van der Waals surface area contributed by atoms with Crippen LogP contribution in [0.2, 0.25) is 0 Å². The summed E-state index contributed by atoms with van der Waals surface area (Å²) >= 11 is 0. The summed E-state index contributed by atoms with van der Waals surface area (Å²) in [5, 5.41) is 0. The third-order valence-corrected chi connectivity index (χ3v) is 6.82. The van der Waals surface area contributed by atoms with E-state index in [1.54, 1.807) is 19.2 Å². The predicted molar refractivity (Wildman–Crippen MR) is 167 cm³/mol. The van der Waals surface area contributed by atoms with E-state index >= 15 is 4.39 Å². The SMILES string of the molecule is CN=C(N=C(N)c1ccc(C(C)(C)C)cc1)c1cc(-c2nc(-c3ccccc3)cc(-c3ccccc3)n2)ccc1F. The Morgan fingerprint density at radius 2 is 1.27 bits per heavy atom. The van der Waals surface area contributed by atoms with Gasteiger partial charge in [0.25, 0.3) is 0 Å². The fourth-order valence-corrected chi connectivity index (χ4v) is 4.48. The first kappa shape index (κ1) is 27.6. The molecule has 0 aliphatic carbocycles. The fraction of sp³-hybridized carbons (Fsp3) is 0.143. The lowest BCUT2D eigenvalue weighted by Gasteiger charge is -2.19. The van der Waals surface area contributed by atoms with Gasteiger partial charge in [-0.25, -0.2) is 19.4 Å². The first-order valence-electron chi connectivity index (χ1n) is 13.4. The Morgan fingerprint density at radius 1 is 0.707 bits per heavy atom. The van der Waals surface area contributed by atoms with Crippen molar-refractivity contribution in [2.45, 2.75) is 26.2 Å². The highest BCUT2D eigenvalue weighted by molar-refractivity contribution is 6.11. The van der Waals surface area contributed by atoms with Gasteiger partial charge in [-0.2, -0.15) is 0 Å². The van der Waals surface area contributed by atoms with E-state index in [0.717, 1.165) is 28.1 Å². The van der Waals surface area contributed by atoms with E-state index in [4.69, 9.17) is 15.7 Å². The smallest absolute Gasteiger partial charge is 0.160 e. The van der Waals surface area contributed by atoms with Gasteiger partial charge in [0.05, 0.1) is 17.0 Å². The van der Waals surface area contributed by atoms with E-state index in [2.05, 4.69) is 30.8 Å². The normalized spacial score (nSPS) is 12.4. The summed E-state index contributed by atoms with van der Waals surface area (Å²) in [4.78, 5) is 18.5. The quantitative estimate of drug-likeness (QED) is 0.183. The number of benzene rings is 4. The predicted octanol–water partition coefficient (Wildman–Crippen LogP) is 7.70. The molecule has 5 aromatic rings. The lowest BCUT2D eigenvalue weighted by Crippen LogP contribution is -2.18. The number of halogens is 1. The second-order valence-electron chi connectivity index (χ2n) is 10.8. The van der Waals surface area contributed by atoms with E-state index < -0.39 is 5.82 Å². The molecule has 0 atom stereocenters. The summed E-state index contributed by atoms with van der Waals surface area (Å²) in [5.74, 6) is 0.446. The highest BCUT2D eigenvalue weighted by atomic mass is 19.1. The van der Waals surface area contributed by atoms with E-state index in [9.17, 15) is 0 Å². The van der Waals surface area contributed by atoms with E-state index in [0.29, 0.717) is 11.4 Å². The molecular weight excluding hydrogens is 509 g/mol. The minimum atomic E-state index is -0.462. The summed E-state index contributed by atoms with van der Waals surface area (Å²) in [7, 11) is 1.57. The molecule has 0 aliphatic rings. The van der Waals surface area contributed by atoms with Crippen molar-refractivity contribution in [1.82, 2.24) is 9.97 Å². The molecule has 0 saturated carbocycles. The number of rotatable bonds is 5. The average molecular weight is 542 g/mol. The van der Waals surface area contributed by atoms with Crippen LogP contribution < -0.4 is 5.73 Å². The summed E-state index contributed by atoms with van der Waals surface area (Å²) < 4.78 is 15.2. The summed E-state index contributed by atoms with van der Waals surface area (Å²) in [6.45, 7) is 6.46. The lowest BCUT2D eigenvalue weighted by molar-refractivity contribution is 0.590. The van der Waals surface area contributed by atoms with Gasteiger partial charge in [-0.1, -0.05) is 106 Å². The van der Waals surface area contributed by atoms with Crippen LogP contribution in [0.15, 0.2) is 119 Å². The summed E-state index contributed by atoms with van der Waals surface area (Å²) in [6, 6.07) is 34.4. The Hall–Kier alpha value is -4.97. The maximum absolute atomic E-state index is 15.2. The van der Waals surface area contributed by atoms with E-state index in [1.165, 1.54) is 11.6 Å². The average Bonchev–Trinajstić information content (AvgIpc) is 3.00. The molecule has 0 aliphatic heterocycles. The number of hydrogen-bond donors (Lipinski definition) is 1. The van der Waals surface area contributed by atoms with Crippen molar-refractivity contribution in [3.63, 3.8) is 0 Å². The topological polar surface area (TPSA) is 76.5 Å². The Kier molecular flexibility index (Phi) is 7.83. The van der Waals surface area contributed by atoms with Crippen molar-refractivity contribution in [2.75, 3.05) is 7.05 Å². The Morgan fingerprint density at radius 3 is 1.78 bits per heavy atom. The summed E-state index contributed by atoms with van der Waals surface area (Å²) in [5.41, 5.74) is 12.6. The maximum Gasteiger partial charge on any atom is 0.160 e. The van der Waals surface area contributed by atoms with Gasteiger partial charge in [-0.3, -0.25) is 4.99 Å². The molecular formula is C35H32FN5. The lowest BCUT2D eigenvalue weighted by atomic mass is 9.86. The van der Waals surface area contributed by atoms with Gasteiger partial charge in [0.15, 0.2) is 11.7 Å². The van der Waals surface area contributed by atoms with E-state index in [1.807, 2.05) is 91.0 Å². The molecule has 1 heterocycles. The number of hydrogen-bond acceptors (Lipinski definition) is 3. The third-order valence-electron chi connectivity index (χ3n) is 6.82. The van der Waals surface area contributed by atoms with Crippen LogP contribution in [0, 0.1) is 5.82 Å².